The van der Waals surface area contributed by atoms with Gasteiger partial charge in [-0.05, 0) is 48.2 Å². The number of alkyl halides is 6. The standard InChI is InChI=1S/C18H16ClF5O2/c1-11-4-3-5-12(2)16(11)25-10-14-8-15(7-6-13(14)9-19)26-18(23,24)17(20,21)22/h3-8H,9-10H2,1-2H3. The molecular weight excluding hydrogens is 379 g/mol. The molecular formula is C18H16ClF5O2. The van der Waals surface area contributed by atoms with E-state index in [9.17, 15) is 22.0 Å². The van der Waals surface area contributed by atoms with E-state index in [1.807, 2.05) is 32.0 Å². The van der Waals surface area contributed by atoms with Crippen molar-refractivity contribution in [3.63, 3.8) is 0 Å². The van der Waals surface area contributed by atoms with Crippen LogP contribution < -0.4 is 9.47 Å². The summed E-state index contributed by atoms with van der Waals surface area (Å²) in [6, 6.07) is 8.96. The first-order valence-corrected chi connectivity index (χ1v) is 8.09. The molecule has 2 aromatic rings. The normalized spacial score (nSPS) is 12.2. The van der Waals surface area contributed by atoms with Crippen molar-refractivity contribution in [3.05, 3.63) is 58.7 Å². The van der Waals surface area contributed by atoms with Crippen molar-refractivity contribution in [2.45, 2.75) is 38.6 Å². The van der Waals surface area contributed by atoms with Gasteiger partial charge in [0, 0.05) is 5.88 Å². The van der Waals surface area contributed by atoms with Gasteiger partial charge in [-0.25, -0.2) is 0 Å². The first kappa shape index (κ1) is 20.3. The molecule has 0 unspecified atom stereocenters. The molecule has 2 rings (SSSR count). The molecule has 0 heterocycles. The van der Waals surface area contributed by atoms with E-state index in [0.29, 0.717) is 16.9 Å². The van der Waals surface area contributed by atoms with Crippen molar-refractivity contribution in [1.82, 2.24) is 0 Å². The Hall–Kier alpha value is -2.02. The lowest BCUT2D eigenvalue weighted by Gasteiger charge is -2.21. The lowest BCUT2D eigenvalue weighted by atomic mass is 10.1. The Morgan fingerprint density at radius 2 is 1.54 bits per heavy atom. The van der Waals surface area contributed by atoms with Crippen LogP contribution in [0.1, 0.15) is 22.3 Å². The summed E-state index contributed by atoms with van der Waals surface area (Å²) >= 11 is 5.81. The fourth-order valence-electron chi connectivity index (χ4n) is 2.31. The Balaban J connectivity index is 2.25. The molecule has 0 bridgehead atoms. The van der Waals surface area contributed by atoms with Crippen LogP contribution in [0.4, 0.5) is 22.0 Å². The van der Waals surface area contributed by atoms with E-state index < -0.39 is 18.0 Å². The minimum Gasteiger partial charge on any atom is -0.488 e. The molecule has 26 heavy (non-hydrogen) atoms. The maximum absolute atomic E-state index is 13.1. The van der Waals surface area contributed by atoms with Crippen LogP contribution in [0.2, 0.25) is 0 Å². The fraction of sp³-hybridized carbons (Fsp3) is 0.333. The molecule has 2 aromatic carbocycles. The van der Waals surface area contributed by atoms with E-state index in [1.54, 1.807) is 0 Å². The summed E-state index contributed by atoms with van der Waals surface area (Å²) in [6.07, 6.45) is -11.1. The van der Waals surface area contributed by atoms with Crippen LogP contribution in [0.5, 0.6) is 11.5 Å². The van der Waals surface area contributed by atoms with Gasteiger partial charge in [0.05, 0.1) is 0 Å². The lowest BCUT2D eigenvalue weighted by molar-refractivity contribution is -0.360. The van der Waals surface area contributed by atoms with E-state index in [2.05, 4.69) is 4.74 Å². The van der Waals surface area contributed by atoms with Crippen LogP contribution in [-0.2, 0) is 12.5 Å². The van der Waals surface area contributed by atoms with Gasteiger partial charge in [0.25, 0.3) is 0 Å². The number of para-hydroxylation sites is 1. The van der Waals surface area contributed by atoms with Gasteiger partial charge >= 0.3 is 12.3 Å². The number of aryl methyl sites for hydroxylation is 2. The third-order valence-electron chi connectivity index (χ3n) is 3.68. The Kier molecular flexibility index (Phi) is 6.01. The van der Waals surface area contributed by atoms with Crippen LogP contribution in [0.15, 0.2) is 36.4 Å². The van der Waals surface area contributed by atoms with Crippen molar-refractivity contribution < 1.29 is 31.4 Å². The zero-order valence-electron chi connectivity index (χ0n) is 14.0. The minimum atomic E-state index is -5.81. The average molecular weight is 395 g/mol. The van der Waals surface area contributed by atoms with E-state index >= 15 is 0 Å². The van der Waals surface area contributed by atoms with Gasteiger partial charge in [0.1, 0.15) is 18.1 Å². The van der Waals surface area contributed by atoms with Gasteiger partial charge in [-0.1, -0.05) is 24.3 Å². The van der Waals surface area contributed by atoms with E-state index in [1.165, 1.54) is 6.07 Å². The summed E-state index contributed by atoms with van der Waals surface area (Å²) in [5.41, 5.74) is 2.64. The largest absolute Gasteiger partial charge is 0.499 e. The number of rotatable bonds is 6. The summed E-state index contributed by atoms with van der Waals surface area (Å²) in [5, 5.41) is 0. The maximum atomic E-state index is 13.1. The minimum absolute atomic E-state index is 0.0430. The topological polar surface area (TPSA) is 18.5 Å². The van der Waals surface area contributed by atoms with Crippen molar-refractivity contribution in [1.29, 1.82) is 0 Å². The van der Waals surface area contributed by atoms with Crippen LogP contribution in [-0.4, -0.2) is 12.3 Å². The number of hydrogen-bond donors (Lipinski definition) is 0. The lowest BCUT2D eigenvalue weighted by Crippen LogP contribution is -2.41. The molecule has 0 radical (unpaired) electrons. The van der Waals surface area contributed by atoms with Crippen molar-refractivity contribution in [3.8, 4) is 11.5 Å². The summed E-state index contributed by atoms with van der Waals surface area (Å²) in [5.74, 6) is 0.0303. The first-order chi connectivity index (χ1) is 12.0. The highest BCUT2D eigenvalue weighted by atomic mass is 35.5. The molecule has 0 spiro atoms. The maximum Gasteiger partial charge on any atom is 0.499 e. The van der Waals surface area contributed by atoms with Gasteiger partial charge in [0.15, 0.2) is 0 Å². The summed E-state index contributed by atoms with van der Waals surface area (Å²) in [4.78, 5) is 0. The Bertz CT molecular complexity index is 754. The molecule has 0 saturated heterocycles. The Labute approximate surface area is 152 Å². The Morgan fingerprint density at radius 3 is 2.08 bits per heavy atom. The van der Waals surface area contributed by atoms with Crippen LogP contribution in [0.3, 0.4) is 0 Å². The average Bonchev–Trinajstić information content (AvgIpc) is 2.53. The van der Waals surface area contributed by atoms with Crippen LogP contribution >= 0.6 is 11.6 Å². The predicted molar refractivity (Wildman–Crippen MR) is 87.9 cm³/mol. The predicted octanol–water partition coefficient (Wildman–Crippen LogP) is 6.16. The second kappa shape index (κ2) is 7.70. The monoisotopic (exact) mass is 394 g/mol. The number of benzene rings is 2. The summed E-state index contributed by atoms with van der Waals surface area (Å²) in [6.45, 7) is 3.63. The van der Waals surface area contributed by atoms with Crippen molar-refractivity contribution >= 4 is 11.6 Å². The number of ether oxygens (including phenoxy) is 2. The number of halogens is 6. The molecule has 142 valence electrons. The Morgan fingerprint density at radius 1 is 0.923 bits per heavy atom. The van der Waals surface area contributed by atoms with Gasteiger partial charge in [-0.2, -0.15) is 22.0 Å². The summed E-state index contributed by atoms with van der Waals surface area (Å²) in [7, 11) is 0. The molecule has 0 aliphatic rings. The third-order valence-corrected chi connectivity index (χ3v) is 3.97. The highest BCUT2D eigenvalue weighted by Gasteiger charge is 2.61. The highest BCUT2D eigenvalue weighted by molar-refractivity contribution is 6.17. The molecule has 0 aliphatic heterocycles. The van der Waals surface area contributed by atoms with Crippen LogP contribution in [0, 0.1) is 13.8 Å². The van der Waals surface area contributed by atoms with E-state index in [0.717, 1.165) is 23.3 Å². The van der Waals surface area contributed by atoms with Crippen LogP contribution in [0.25, 0.3) is 0 Å². The van der Waals surface area contributed by atoms with E-state index in [-0.39, 0.29) is 12.5 Å². The quantitative estimate of drug-likeness (QED) is 0.432. The van der Waals surface area contributed by atoms with Gasteiger partial charge in [0.2, 0.25) is 0 Å². The molecule has 0 aromatic heterocycles. The molecule has 0 aliphatic carbocycles. The van der Waals surface area contributed by atoms with Gasteiger partial charge < -0.3 is 9.47 Å². The zero-order valence-corrected chi connectivity index (χ0v) is 14.7. The first-order valence-electron chi connectivity index (χ1n) is 7.55. The molecule has 0 fully saturated rings. The van der Waals surface area contributed by atoms with E-state index in [4.69, 9.17) is 16.3 Å². The van der Waals surface area contributed by atoms with Crippen molar-refractivity contribution in [2.75, 3.05) is 0 Å². The zero-order chi connectivity index (χ0) is 19.5. The van der Waals surface area contributed by atoms with Crippen molar-refractivity contribution in [2.24, 2.45) is 0 Å². The highest BCUT2D eigenvalue weighted by Crippen LogP contribution is 2.38. The van der Waals surface area contributed by atoms with Gasteiger partial charge in [-0.15, -0.1) is 11.6 Å². The molecule has 0 N–H and O–H groups in total. The number of hydrogen-bond acceptors (Lipinski definition) is 2. The second-order valence-electron chi connectivity index (χ2n) is 5.69. The van der Waals surface area contributed by atoms with Gasteiger partial charge in [-0.3, -0.25) is 0 Å². The summed E-state index contributed by atoms with van der Waals surface area (Å²) < 4.78 is 72.6. The molecule has 0 saturated carbocycles. The molecule has 0 amide bonds. The fourth-order valence-corrected chi connectivity index (χ4v) is 2.57. The third kappa shape index (κ3) is 4.58. The SMILES string of the molecule is Cc1cccc(C)c1OCc1cc(OC(F)(F)C(F)(F)F)ccc1CCl. The molecule has 8 heteroatoms. The molecule has 2 nitrogen and oxygen atoms in total. The smallest absolute Gasteiger partial charge is 0.488 e. The molecule has 0 atom stereocenters. The second-order valence-corrected chi connectivity index (χ2v) is 5.96.